The van der Waals surface area contributed by atoms with E-state index in [0.717, 1.165) is 11.4 Å². The molecule has 0 aliphatic rings. The van der Waals surface area contributed by atoms with E-state index in [1.165, 1.54) is 11.8 Å². The molecule has 0 unspecified atom stereocenters. The Balaban J connectivity index is 2.83. The fraction of sp³-hybridized carbons (Fsp3) is 0.667. The second-order valence-corrected chi connectivity index (χ2v) is 5.46. The summed E-state index contributed by atoms with van der Waals surface area (Å²) in [5, 5.41) is 17.6. The highest BCUT2D eigenvalue weighted by Crippen LogP contribution is 2.28. The van der Waals surface area contributed by atoms with Crippen LogP contribution in [0.5, 0.6) is 0 Å². The molecule has 1 aromatic heterocycles. The summed E-state index contributed by atoms with van der Waals surface area (Å²) in [6, 6.07) is 0. The smallest absolute Gasteiger partial charge is 0.209 e. The van der Waals surface area contributed by atoms with E-state index in [9.17, 15) is 0 Å². The fourth-order valence-corrected chi connectivity index (χ4v) is 1.58. The van der Waals surface area contributed by atoms with Crippen molar-refractivity contribution in [2.75, 3.05) is 6.61 Å². The van der Waals surface area contributed by atoms with Crippen molar-refractivity contribution in [2.24, 2.45) is 0 Å². The van der Waals surface area contributed by atoms with Crippen LogP contribution in [-0.4, -0.2) is 31.6 Å². The van der Waals surface area contributed by atoms with Gasteiger partial charge in [-0.15, -0.1) is 5.10 Å². The Hall–Kier alpha value is -0.680. The molecule has 0 aromatic carbocycles. The zero-order valence-electron chi connectivity index (χ0n) is 8.90. The molecule has 0 bridgehead atoms. The van der Waals surface area contributed by atoms with Crippen LogP contribution in [0.2, 0.25) is 0 Å². The first-order chi connectivity index (χ1) is 6.44. The molecule has 1 rings (SSSR count). The van der Waals surface area contributed by atoms with Crippen molar-refractivity contribution in [3.63, 3.8) is 0 Å². The molecule has 0 radical (unpaired) electrons. The van der Waals surface area contributed by atoms with Gasteiger partial charge in [0, 0.05) is 4.75 Å². The van der Waals surface area contributed by atoms with Gasteiger partial charge in [0.2, 0.25) is 5.16 Å². The predicted molar refractivity (Wildman–Crippen MR) is 56.3 cm³/mol. The van der Waals surface area contributed by atoms with E-state index >= 15 is 0 Å². The van der Waals surface area contributed by atoms with Crippen molar-refractivity contribution in [2.45, 2.75) is 37.6 Å². The van der Waals surface area contributed by atoms with Crippen LogP contribution in [-0.2, 0) is 0 Å². The van der Waals surface area contributed by atoms with Gasteiger partial charge in [0.25, 0.3) is 0 Å². The van der Waals surface area contributed by atoms with Gasteiger partial charge >= 0.3 is 0 Å². The minimum absolute atomic E-state index is 0.0912. The third-order valence-electron chi connectivity index (χ3n) is 1.82. The van der Waals surface area contributed by atoms with Crippen molar-refractivity contribution in [1.82, 2.24) is 15.2 Å². The van der Waals surface area contributed by atoms with Gasteiger partial charge in [0.1, 0.15) is 0 Å². The lowest BCUT2D eigenvalue weighted by atomic mass is 10.2. The Morgan fingerprint density at radius 2 is 1.86 bits per heavy atom. The lowest BCUT2D eigenvalue weighted by Crippen LogP contribution is -2.20. The van der Waals surface area contributed by atoms with Crippen molar-refractivity contribution in [1.29, 1.82) is 0 Å². The van der Waals surface area contributed by atoms with Gasteiger partial charge in [-0.3, -0.25) is 0 Å². The molecule has 78 valence electrons. The second-order valence-electron chi connectivity index (χ2n) is 3.79. The SMILES string of the molecule is Cc1nnc(SC(C)(C)CO)nc1C. The summed E-state index contributed by atoms with van der Waals surface area (Å²) < 4.78 is -0.261. The summed E-state index contributed by atoms with van der Waals surface area (Å²) in [7, 11) is 0. The van der Waals surface area contributed by atoms with Crippen LogP contribution in [0.15, 0.2) is 5.16 Å². The van der Waals surface area contributed by atoms with Crippen molar-refractivity contribution >= 4 is 11.8 Å². The number of hydrogen-bond donors (Lipinski definition) is 1. The molecule has 5 heteroatoms. The molecule has 0 saturated heterocycles. The Labute approximate surface area is 88.2 Å². The van der Waals surface area contributed by atoms with E-state index in [1.807, 2.05) is 27.7 Å². The molecule has 0 aliphatic carbocycles. The molecule has 1 N–H and O–H groups in total. The first-order valence-corrected chi connectivity index (χ1v) is 5.24. The molecular weight excluding hydrogens is 198 g/mol. The van der Waals surface area contributed by atoms with Crippen LogP contribution in [0.3, 0.4) is 0 Å². The average molecular weight is 213 g/mol. The molecule has 0 saturated carbocycles. The number of rotatable bonds is 3. The molecule has 4 nitrogen and oxygen atoms in total. The summed E-state index contributed by atoms with van der Waals surface area (Å²) >= 11 is 1.43. The van der Waals surface area contributed by atoms with E-state index in [-0.39, 0.29) is 11.4 Å². The van der Waals surface area contributed by atoms with Gasteiger partial charge in [-0.05, 0) is 27.7 Å². The maximum atomic E-state index is 9.08. The first-order valence-electron chi connectivity index (χ1n) is 4.42. The molecule has 1 aromatic rings. The fourth-order valence-electron chi connectivity index (χ4n) is 0.759. The van der Waals surface area contributed by atoms with Crippen LogP contribution in [0, 0.1) is 13.8 Å². The van der Waals surface area contributed by atoms with E-state index < -0.39 is 0 Å². The lowest BCUT2D eigenvalue weighted by Gasteiger charge is -2.19. The highest BCUT2D eigenvalue weighted by Gasteiger charge is 2.20. The topological polar surface area (TPSA) is 58.9 Å². The van der Waals surface area contributed by atoms with Gasteiger partial charge in [-0.2, -0.15) is 5.10 Å². The van der Waals surface area contributed by atoms with E-state index in [2.05, 4.69) is 15.2 Å². The zero-order chi connectivity index (χ0) is 10.8. The first kappa shape index (κ1) is 11.4. The standard InChI is InChI=1S/C9H15N3OS/c1-6-7(2)11-12-8(10-6)14-9(3,4)5-13/h13H,5H2,1-4H3. The third-order valence-corrected chi connectivity index (χ3v) is 2.86. The average Bonchev–Trinajstić information content (AvgIpc) is 2.11. The van der Waals surface area contributed by atoms with Crippen LogP contribution in [0.25, 0.3) is 0 Å². The third kappa shape index (κ3) is 2.92. The monoisotopic (exact) mass is 213 g/mol. The minimum Gasteiger partial charge on any atom is -0.395 e. The number of aryl methyl sites for hydroxylation is 2. The Bertz CT molecular complexity index is 328. The maximum absolute atomic E-state index is 9.08. The zero-order valence-corrected chi connectivity index (χ0v) is 9.72. The maximum Gasteiger partial charge on any atom is 0.209 e. The van der Waals surface area contributed by atoms with Gasteiger partial charge < -0.3 is 5.11 Å². The second kappa shape index (κ2) is 4.23. The van der Waals surface area contributed by atoms with E-state index in [0.29, 0.717) is 5.16 Å². The summed E-state index contributed by atoms with van der Waals surface area (Å²) in [6.07, 6.45) is 0. The number of thioether (sulfide) groups is 1. The van der Waals surface area contributed by atoms with Gasteiger partial charge in [0.05, 0.1) is 18.0 Å². The number of aliphatic hydroxyl groups excluding tert-OH is 1. The Morgan fingerprint density at radius 3 is 2.36 bits per heavy atom. The van der Waals surface area contributed by atoms with Crippen molar-refractivity contribution in [3.05, 3.63) is 11.4 Å². The largest absolute Gasteiger partial charge is 0.395 e. The van der Waals surface area contributed by atoms with Gasteiger partial charge in [-0.25, -0.2) is 4.98 Å². The summed E-state index contributed by atoms with van der Waals surface area (Å²) in [6.45, 7) is 7.75. The van der Waals surface area contributed by atoms with Gasteiger partial charge in [0.15, 0.2) is 0 Å². The molecule has 0 atom stereocenters. The van der Waals surface area contributed by atoms with Crippen LogP contribution in [0.4, 0.5) is 0 Å². The number of aliphatic hydroxyl groups is 1. The van der Waals surface area contributed by atoms with Crippen LogP contribution in [0.1, 0.15) is 25.2 Å². The number of hydrogen-bond acceptors (Lipinski definition) is 5. The Morgan fingerprint density at radius 1 is 1.21 bits per heavy atom. The molecule has 0 aliphatic heterocycles. The Kier molecular flexibility index (Phi) is 3.44. The molecule has 0 fully saturated rings. The number of nitrogens with zero attached hydrogens (tertiary/aromatic N) is 3. The minimum atomic E-state index is -0.261. The van der Waals surface area contributed by atoms with Gasteiger partial charge in [-0.1, -0.05) is 11.8 Å². The normalized spacial score (nSPS) is 11.8. The predicted octanol–water partition coefficient (Wildman–Crippen LogP) is 1.35. The quantitative estimate of drug-likeness (QED) is 0.768. The van der Waals surface area contributed by atoms with E-state index in [4.69, 9.17) is 5.11 Å². The van der Waals surface area contributed by atoms with Crippen LogP contribution >= 0.6 is 11.8 Å². The van der Waals surface area contributed by atoms with Crippen LogP contribution < -0.4 is 0 Å². The highest BCUT2D eigenvalue weighted by molar-refractivity contribution is 8.00. The highest BCUT2D eigenvalue weighted by atomic mass is 32.2. The summed E-state index contributed by atoms with van der Waals surface area (Å²) in [5.41, 5.74) is 1.73. The molecular formula is C9H15N3OS. The van der Waals surface area contributed by atoms with Crippen molar-refractivity contribution < 1.29 is 5.11 Å². The molecule has 1 heterocycles. The van der Waals surface area contributed by atoms with Crippen molar-refractivity contribution in [3.8, 4) is 0 Å². The molecule has 0 amide bonds. The summed E-state index contributed by atoms with van der Waals surface area (Å²) in [5.74, 6) is 0. The lowest BCUT2D eigenvalue weighted by molar-refractivity contribution is 0.264. The summed E-state index contributed by atoms with van der Waals surface area (Å²) in [4.78, 5) is 4.28. The van der Waals surface area contributed by atoms with E-state index in [1.54, 1.807) is 0 Å². The number of aromatic nitrogens is 3. The molecule has 14 heavy (non-hydrogen) atoms. The molecule has 0 spiro atoms.